The van der Waals surface area contributed by atoms with Crippen LogP contribution in [0.15, 0.2) is 71.5 Å². The quantitative estimate of drug-likeness (QED) is 0.693. The van der Waals surface area contributed by atoms with E-state index in [0.29, 0.717) is 0 Å². The van der Waals surface area contributed by atoms with Crippen molar-refractivity contribution in [3.05, 3.63) is 71.5 Å². The predicted molar refractivity (Wildman–Crippen MR) is 93.6 cm³/mol. The Kier molecular flexibility index (Phi) is 4.39. The number of methoxy groups -OCH3 is 1. The van der Waals surface area contributed by atoms with Crippen LogP contribution in [0.5, 0.6) is 5.75 Å². The summed E-state index contributed by atoms with van der Waals surface area (Å²) >= 11 is 3.47. The van der Waals surface area contributed by atoms with Crippen molar-refractivity contribution in [3.63, 3.8) is 0 Å². The van der Waals surface area contributed by atoms with Crippen LogP contribution in [0, 0.1) is 0 Å². The molecule has 0 radical (unpaired) electrons. The topological polar surface area (TPSA) is 34.1 Å². The van der Waals surface area contributed by atoms with E-state index in [1.807, 2.05) is 54.7 Å². The van der Waals surface area contributed by atoms with E-state index < -0.39 is 0 Å². The van der Waals surface area contributed by atoms with Gasteiger partial charge in [0.1, 0.15) is 5.75 Å². The Hall–Kier alpha value is -2.33. The lowest BCUT2D eigenvalue weighted by Crippen LogP contribution is -1.93. The third-order valence-corrected chi connectivity index (χ3v) is 3.76. The molecule has 0 amide bonds. The minimum absolute atomic E-state index is 0.837. The normalized spacial score (nSPS) is 10.3. The fourth-order valence-electron chi connectivity index (χ4n) is 2.27. The summed E-state index contributed by atoms with van der Waals surface area (Å²) in [5.41, 5.74) is 3.97. The number of pyridine rings is 1. The minimum atomic E-state index is 0.837. The van der Waals surface area contributed by atoms with Crippen molar-refractivity contribution in [2.24, 2.45) is 0 Å². The van der Waals surface area contributed by atoms with Gasteiger partial charge in [-0.1, -0.05) is 40.2 Å². The van der Waals surface area contributed by atoms with Crippen molar-refractivity contribution >= 4 is 27.3 Å². The zero-order valence-electron chi connectivity index (χ0n) is 12.1. The molecule has 0 aliphatic carbocycles. The van der Waals surface area contributed by atoms with Crippen LogP contribution in [0.3, 0.4) is 0 Å². The number of aromatic nitrogens is 1. The highest BCUT2D eigenvalue weighted by molar-refractivity contribution is 9.10. The van der Waals surface area contributed by atoms with Gasteiger partial charge in [0, 0.05) is 27.5 Å². The van der Waals surface area contributed by atoms with E-state index in [9.17, 15) is 0 Å². The number of rotatable bonds is 4. The number of hydrogen-bond acceptors (Lipinski definition) is 3. The van der Waals surface area contributed by atoms with Gasteiger partial charge in [0.2, 0.25) is 0 Å². The molecule has 0 saturated heterocycles. The van der Waals surface area contributed by atoms with Crippen LogP contribution in [-0.4, -0.2) is 12.1 Å². The van der Waals surface area contributed by atoms with Gasteiger partial charge in [-0.2, -0.15) is 0 Å². The summed E-state index contributed by atoms with van der Waals surface area (Å²) < 4.78 is 6.45. The van der Waals surface area contributed by atoms with E-state index in [1.54, 1.807) is 13.3 Å². The number of benzene rings is 2. The van der Waals surface area contributed by atoms with Crippen LogP contribution in [-0.2, 0) is 0 Å². The molecule has 0 saturated carbocycles. The fourth-order valence-corrected chi connectivity index (χ4v) is 2.67. The molecule has 3 rings (SSSR count). The summed E-state index contributed by atoms with van der Waals surface area (Å²) in [5.74, 6) is 0.837. The van der Waals surface area contributed by atoms with Crippen LogP contribution < -0.4 is 10.1 Å². The van der Waals surface area contributed by atoms with E-state index in [4.69, 9.17) is 4.74 Å². The summed E-state index contributed by atoms with van der Waals surface area (Å²) in [5, 5.41) is 3.36. The van der Waals surface area contributed by atoms with Crippen LogP contribution in [0.25, 0.3) is 11.1 Å². The molecule has 2 aromatic carbocycles. The van der Waals surface area contributed by atoms with E-state index in [-0.39, 0.29) is 0 Å². The van der Waals surface area contributed by atoms with Crippen LogP contribution in [0.1, 0.15) is 0 Å². The predicted octanol–water partition coefficient (Wildman–Crippen LogP) is 5.26. The molecule has 0 unspecified atom stereocenters. The highest BCUT2D eigenvalue weighted by atomic mass is 79.9. The summed E-state index contributed by atoms with van der Waals surface area (Å²) in [4.78, 5) is 4.33. The molecule has 0 aliphatic heterocycles. The molecule has 3 aromatic rings. The highest BCUT2D eigenvalue weighted by Crippen LogP contribution is 2.31. The van der Waals surface area contributed by atoms with Gasteiger partial charge in [0.15, 0.2) is 0 Å². The summed E-state index contributed by atoms with van der Waals surface area (Å²) in [7, 11) is 1.68. The number of nitrogens with one attached hydrogen (secondary N) is 1. The lowest BCUT2D eigenvalue weighted by atomic mass is 10.1. The van der Waals surface area contributed by atoms with Gasteiger partial charge < -0.3 is 10.1 Å². The number of halogens is 1. The molecule has 0 fully saturated rings. The maximum atomic E-state index is 5.42. The van der Waals surface area contributed by atoms with Crippen molar-refractivity contribution in [1.29, 1.82) is 0 Å². The SMILES string of the molecule is COc1ccccc1-c1cncc(Nc2cccc(Br)c2)c1. The van der Waals surface area contributed by atoms with Gasteiger partial charge in [-0.15, -0.1) is 0 Å². The maximum absolute atomic E-state index is 5.42. The first-order chi connectivity index (χ1) is 10.8. The van der Waals surface area contributed by atoms with Crippen molar-refractivity contribution in [2.75, 3.05) is 12.4 Å². The zero-order valence-corrected chi connectivity index (χ0v) is 13.7. The smallest absolute Gasteiger partial charge is 0.126 e. The van der Waals surface area contributed by atoms with Gasteiger partial charge in [0.05, 0.1) is 19.0 Å². The lowest BCUT2D eigenvalue weighted by molar-refractivity contribution is 0.416. The summed E-state index contributed by atoms with van der Waals surface area (Å²) in [6, 6.07) is 18.0. The number of hydrogen-bond donors (Lipinski definition) is 1. The van der Waals surface area contributed by atoms with E-state index in [0.717, 1.165) is 32.7 Å². The second-order valence-corrected chi connectivity index (χ2v) is 5.71. The van der Waals surface area contributed by atoms with Crippen molar-refractivity contribution < 1.29 is 4.74 Å². The first kappa shape index (κ1) is 14.6. The Labute approximate surface area is 138 Å². The maximum Gasteiger partial charge on any atom is 0.126 e. The minimum Gasteiger partial charge on any atom is -0.496 e. The van der Waals surface area contributed by atoms with Crippen molar-refractivity contribution in [1.82, 2.24) is 4.98 Å². The Balaban J connectivity index is 1.93. The molecular formula is C18H15BrN2O. The Morgan fingerprint density at radius 2 is 1.82 bits per heavy atom. The van der Waals surface area contributed by atoms with E-state index in [1.165, 1.54) is 0 Å². The summed E-state index contributed by atoms with van der Waals surface area (Å²) in [6.45, 7) is 0. The fraction of sp³-hybridized carbons (Fsp3) is 0.0556. The van der Waals surface area contributed by atoms with Crippen LogP contribution in [0.4, 0.5) is 11.4 Å². The second kappa shape index (κ2) is 6.62. The molecule has 0 atom stereocenters. The van der Waals surface area contributed by atoms with Crippen molar-refractivity contribution in [3.8, 4) is 16.9 Å². The average molecular weight is 355 g/mol. The monoisotopic (exact) mass is 354 g/mol. The number of anilines is 2. The highest BCUT2D eigenvalue weighted by Gasteiger charge is 2.06. The standard InChI is InChI=1S/C18H15BrN2O/c1-22-18-8-3-2-7-17(18)13-9-16(12-20-11-13)21-15-6-4-5-14(19)10-15/h2-12,21H,1H3. The first-order valence-electron chi connectivity index (χ1n) is 6.87. The lowest BCUT2D eigenvalue weighted by Gasteiger charge is -2.11. The molecule has 1 heterocycles. The molecular weight excluding hydrogens is 340 g/mol. The van der Waals surface area contributed by atoms with Gasteiger partial charge in [-0.3, -0.25) is 4.98 Å². The molecule has 0 spiro atoms. The van der Waals surface area contributed by atoms with Crippen molar-refractivity contribution in [2.45, 2.75) is 0 Å². The first-order valence-corrected chi connectivity index (χ1v) is 7.66. The van der Waals surface area contributed by atoms with Gasteiger partial charge in [0.25, 0.3) is 0 Å². The van der Waals surface area contributed by atoms with Gasteiger partial charge >= 0.3 is 0 Å². The third kappa shape index (κ3) is 3.28. The number of para-hydroxylation sites is 1. The van der Waals surface area contributed by atoms with Crippen LogP contribution >= 0.6 is 15.9 Å². The molecule has 110 valence electrons. The summed E-state index contributed by atoms with van der Waals surface area (Å²) in [6.07, 6.45) is 3.64. The molecule has 4 heteroatoms. The molecule has 3 nitrogen and oxygen atoms in total. The van der Waals surface area contributed by atoms with Gasteiger partial charge in [-0.05, 0) is 30.3 Å². The molecule has 0 bridgehead atoms. The second-order valence-electron chi connectivity index (χ2n) is 4.80. The molecule has 1 N–H and O–H groups in total. The largest absolute Gasteiger partial charge is 0.496 e. The molecule has 1 aromatic heterocycles. The molecule has 0 aliphatic rings. The van der Waals surface area contributed by atoms with E-state index in [2.05, 4.69) is 32.3 Å². The van der Waals surface area contributed by atoms with Gasteiger partial charge in [-0.25, -0.2) is 0 Å². The third-order valence-electron chi connectivity index (χ3n) is 3.27. The number of nitrogens with zero attached hydrogens (tertiary/aromatic N) is 1. The Morgan fingerprint density at radius 1 is 0.955 bits per heavy atom. The molecule has 22 heavy (non-hydrogen) atoms. The van der Waals surface area contributed by atoms with E-state index >= 15 is 0 Å². The zero-order chi connectivity index (χ0) is 15.4. The Bertz CT molecular complexity index is 789. The van der Waals surface area contributed by atoms with Crippen LogP contribution in [0.2, 0.25) is 0 Å². The Morgan fingerprint density at radius 3 is 2.64 bits per heavy atom. The number of ether oxygens (including phenoxy) is 1. The average Bonchev–Trinajstić information content (AvgIpc) is 2.55.